The van der Waals surface area contributed by atoms with Crippen molar-refractivity contribution in [1.29, 1.82) is 0 Å². The summed E-state index contributed by atoms with van der Waals surface area (Å²) in [7, 11) is 0. The van der Waals surface area contributed by atoms with E-state index in [1.165, 1.54) is 12.2 Å². The van der Waals surface area contributed by atoms with Crippen LogP contribution in [0.4, 0.5) is 8.78 Å². The van der Waals surface area contributed by atoms with Gasteiger partial charge in [-0.3, -0.25) is 0 Å². The van der Waals surface area contributed by atoms with Crippen LogP contribution < -0.4 is 0 Å². The Morgan fingerprint density at radius 3 is 1.38 bits per heavy atom. The summed E-state index contributed by atoms with van der Waals surface area (Å²) in [4.78, 5) is 0. The molecule has 1 N–H and O–H groups in total. The molecule has 0 fully saturated rings. The van der Waals surface area contributed by atoms with Crippen LogP contribution in [-0.4, -0.2) is 11.2 Å². The average molecular weight is 224 g/mol. The molecule has 3 heteroatoms. The molecule has 0 saturated carbocycles. The molecule has 1 nitrogen and oxygen atoms in total. The lowest BCUT2D eigenvalue weighted by Gasteiger charge is -2.10. The van der Waals surface area contributed by atoms with Gasteiger partial charge in [-0.15, -0.1) is 0 Å². The second kappa shape index (κ2) is 6.69. The summed E-state index contributed by atoms with van der Waals surface area (Å²) in [6.45, 7) is 13.1. The third kappa shape index (κ3) is 5.88. The summed E-state index contributed by atoms with van der Waals surface area (Å²) >= 11 is 0. The summed E-state index contributed by atoms with van der Waals surface area (Å²) in [6, 6.07) is 0. The third-order valence-electron chi connectivity index (χ3n) is 1.66. The second-order valence-electron chi connectivity index (χ2n) is 3.11. The van der Waals surface area contributed by atoms with Crippen molar-refractivity contribution < 1.29 is 13.9 Å². The van der Waals surface area contributed by atoms with Crippen molar-refractivity contribution in [3.05, 3.63) is 73.4 Å². The van der Waals surface area contributed by atoms with Crippen molar-refractivity contribution in [3.8, 4) is 0 Å². The van der Waals surface area contributed by atoms with Gasteiger partial charge in [0.1, 0.15) is 17.8 Å². The largest absolute Gasteiger partial charge is 0.384 e. The Bertz CT molecular complexity index is 339. The molecule has 0 aromatic rings. The van der Waals surface area contributed by atoms with Crippen LogP contribution in [0, 0.1) is 0 Å². The van der Waals surface area contributed by atoms with Crippen LogP contribution in [0.5, 0.6) is 0 Å². The summed E-state index contributed by atoms with van der Waals surface area (Å²) in [5, 5.41) is 9.61. The Morgan fingerprint density at radius 2 is 1.12 bits per heavy atom. The molecule has 0 aliphatic carbocycles. The van der Waals surface area contributed by atoms with Crippen molar-refractivity contribution in [2.75, 3.05) is 0 Å². The molecule has 0 unspecified atom stereocenters. The number of halogens is 2. The fraction of sp³-hybridized carbons (Fsp3) is 0.0769. The van der Waals surface area contributed by atoms with Gasteiger partial charge >= 0.3 is 0 Å². The van der Waals surface area contributed by atoms with E-state index in [0.717, 1.165) is 12.2 Å². The van der Waals surface area contributed by atoms with Crippen LogP contribution in [0.2, 0.25) is 0 Å². The fourth-order valence-electron chi connectivity index (χ4n) is 0.815. The monoisotopic (exact) mass is 224 g/mol. The number of aliphatic hydroxyl groups excluding tert-OH is 1. The summed E-state index contributed by atoms with van der Waals surface area (Å²) in [5.41, 5.74) is 0.468. The van der Waals surface area contributed by atoms with E-state index in [4.69, 9.17) is 0 Å². The molecule has 0 heterocycles. The molecule has 0 saturated heterocycles. The van der Waals surface area contributed by atoms with Crippen LogP contribution in [-0.2, 0) is 0 Å². The molecule has 0 rings (SSSR count). The molecule has 86 valence electrons. The van der Waals surface area contributed by atoms with Crippen LogP contribution in [0.25, 0.3) is 0 Å². The first-order valence-electron chi connectivity index (χ1n) is 4.45. The van der Waals surface area contributed by atoms with Gasteiger partial charge in [0.05, 0.1) is 0 Å². The predicted octanol–water partition coefficient (Wildman–Crippen LogP) is 3.54. The number of rotatable bonds is 6. The van der Waals surface area contributed by atoms with E-state index in [-0.39, 0.29) is 11.1 Å². The maximum atomic E-state index is 12.3. The molecule has 0 aliphatic rings. The Labute approximate surface area is 94.1 Å². The maximum absolute atomic E-state index is 12.3. The van der Waals surface area contributed by atoms with E-state index in [1.807, 2.05) is 0 Å². The average Bonchev–Trinajstić information content (AvgIpc) is 2.21. The van der Waals surface area contributed by atoms with Crippen LogP contribution in [0.15, 0.2) is 73.4 Å². The molecule has 0 bridgehead atoms. The predicted molar refractivity (Wildman–Crippen MR) is 63.1 cm³/mol. The third-order valence-corrected chi connectivity index (χ3v) is 1.66. The molecule has 0 aliphatic heterocycles. The summed E-state index contributed by atoms with van der Waals surface area (Å²) < 4.78 is 24.6. The number of aliphatic hydroxyl groups is 1. The molecule has 0 amide bonds. The molecular weight excluding hydrogens is 210 g/mol. The number of allylic oxidation sites excluding steroid dienone is 4. The van der Waals surface area contributed by atoms with Crippen molar-refractivity contribution >= 4 is 0 Å². The Morgan fingerprint density at radius 1 is 0.812 bits per heavy atom. The molecule has 16 heavy (non-hydrogen) atoms. The van der Waals surface area contributed by atoms with E-state index < -0.39 is 17.8 Å². The van der Waals surface area contributed by atoms with Gasteiger partial charge in [-0.05, 0) is 23.3 Å². The summed E-state index contributed by atoms with van der Waals surface area (Å²) in [6.07, 6.45) is 3.59. The molecule has 0 aromatic carbocycles. The molecule has 0 aromatic heterocycles. The van der Waals surface area contributed by atoms with E-state index >= 15 is 0 Å². The molecule has 0 spiro atoms. The highest BCUT2D eigenvalue weighted by Gasteiger charge is 2.07. The maximum Gasteiger partial charge on any atom is 0.116 e. The quantitative estimate of drug-likeness (QED) is 0.684. The minimum Gasteiger partial charge on any atom is -0.384 e. The number of hydrogen-bond donors (Lipinski definition) is 1. The zero-order valence-corrected chi connectivity index (χ0v) is 8.92. The Kier molecular flexibility index (Phi) is 5.96. The smallest absolute Gasteiger partial charge is 0.116 e. The molecular formula is C13H14F2O. The van der Waals surface area contributed by atoms with Gasteiger partial charge in [-0.25, -0.2) is 8.78 Å². The summed E-state index contributed by atoms with van der Waals surface area (Å²) in [5.74, 6) is -1.29. The first-order valence-corrected chi connectivity index (χ1v) is 4.45. The van der Waals surface area contributed by atoms with Gasteiger partial charge in [0, 0.05) is 0 Å². The molecule has 0 atom stereocenters. The highest BCUT2D eigenvalue weighted by Crippen LogP contribution is 2.13. The minimum absolute atomic E-state index is 0.234. The van der Waals surface area contributed by atoms with Crippen LogP contribution >= 0.6 is 0 Å². The topological polar surface area (TPSA) is 20.2 Å². The second-order valence-corrected chi connectivity index (χ2v) is 3.11. The highest BCUT2D eigenvalue weighted by atomic mass is 19.1. The molecule has 0 radical (unpaired) electrons. The lowest BCUT2D eigenvalue weighted by molar-refractivity contribution is 0.255. The van der Waals surface area contributed by atoms with Gasteiger partial charge < -0.3 is 5.11 Å². The Balaban J connectivity index is 4.50. The van der Waals surface area contributed by atoms with Gasteiger partial charge in [0.15, 0.2) is 0 Å². The van der Waals surface area contributed by atoms with Crippen molar-refractivity contribution in [2.24, 2.45) is 0 Å². The first-order chi connectivity index (χ1) is 7.34. The van der Waals surface area contributed by atoms with Crippen molar-refractivity contribution in [2.45, 2.75) is 6.10 Å². The van der Waals surface area contributed by atoms with E-state index in [1.54, 1.807) is 0 Å². The van der Waals surface area contributed by atoms with Crippen molar-refractivity contribution in [1.82, 2.24) is 0 Å². The lowest BCUT2D eigenvalue weighted by Crippen LogP contribution is -2.09. The standard InChI is InChI=1S/C13H14F2O/c1-9(5-7-11(3)14)13(16)10(2)6-8-12(4)15/h5-8,13,16H,1-4H2/b7-5-,8-6-. The zero-order valence-electron chi connectivity index (χ0n) is 8.92. The normalized spacial score (nSPS) is 11.2. The number of hydrogen-bond acceptors (Lipinski definition) is 1. The van der Waals surface area contributed by atoms with Crippen molar-refractivity contribution in [3.63, 3.8) is 0 Å². The van der Waals surface area contributed by atoms with E-state index in [2.05, 4.69) is 26.3 Å². The van der Waals surface area contributed by atoms with Gasteiger partial charge in [0.2, 0.25) is 0 Å². The first kappa shape index (κ1) is 14.3. The SMILES string of the molecule is C=C(F)/C=C\C(=C)C(O)C(=C)/C=C\C(=C)F. The van der Waals surface area contributed by atoms with Gasteiger partial charge in [0.25, 0.3) is 0 Å². The van der Waals surface area contributed by atoms with Crippen LogP contribution in [0.3, 0.4) is 0 Å². The minimum atomic E-state index is -1.09. The Hall–Kier alpha value is -1.74. The lowest BCUT2D eigenvalue weighted by atomic mass is 10.0. The fourth-order valence-corrected chi connectivity index (χ4v) is 0.815. The highest BCUT2D eigenvalue weighted by molar-refractivity contribution is 5.36. The van der Waals surface area contributed by atoms with E-state index in [9.17, 15) is 13.9 Å². The zero-order chi connectivity index (χ0) is 12.7. The van der Waals surface area contributed by atoms with Gasteiger partial charge in [-0.1, -0.05) is 38.5 Å². The van der Waals surface area contributed by atoms with Gasteiger partial charge in [-0.2, -0.15) is 0 Å². The van der Waals surface area contributed by atoms with Crippen LogP contribution in [0.1, 0.15) is 0 Å². The van der Waals surface area contributed by atoms with E-state index in [0.29, 0.717) is 0 Å².